The van der Waals surface area contributed by atoms with Crippen molar-refractivity contribution >= 4 is 16.7 Å². The molecule has 2 aromatic rings. The Balaban J connectivity index is 1.93. The predicted molar refractivity (Wildman–Crippen MR) is 50.6 cm³/mol. The van der Waals surface area contributed by atoms with Crippen molar-refractivity contribution in [2.45, 2.75) is 13.5 Å². The SMILES string of the molecule is Cc1nsc(NCc2cn[nH]c2)n1. The maximum Gasteiger partial charge on any atom is 0.202 e. The van der Waals surface area contributed by atoms with Crippen LogP contribution in [0.3, 0.4) is 0 Å². The molecule has 0 aliphatic heterocycles. The van der Waals surface area contributed by atoms with Gasteiger partial charge in [-0.05, 0) is 6.92 Å². The molecule has 0 aliphatic rings. The number of anilines is 1. The van der Waals surface area contributed by atoms with E-state index in [2.05, 4.69) is 24.9 Å². The number of aromatic nitrogens is 4. The number of H-pyrrole nitrogens is 1. The van der Waals surface area contributed by atoms with Crippen LogP contribution in [0.5, 0.6) is 0 Å². The smallest absolute Gasteiger partial charge is 0.202 e. The lowest BCUT2D eigenvalue weighted by Gasteiger charge is -1.96. The van der Waals surface area contributed by atoms with Crippen molar-refractivity contribution in [1.82, 2.24) is 19.6 Å². The molecular weight excluding hydrogens is 186 g/mol. The zero-order valence-corrected chi connectivity index (χ0v) is 7.93. The molecule has 0 saturated heterocycles. The predicted octanol–water partition coefficient (Wildman–Crippen LogP) is 1.18. The van der Waals surface area contributed by atoms with Gasteiger partial charge >= 0.3 is 0 Å². The van der Waals surface area contributed by atoms with Crippen LogP contribution >= 0.6 is 11.5 Å². The summed E-state index contributed by atoms with van der Waals surface area (Å²) in [5, 5.41) is 10.6. The summed E-state index contributed by atoms with van der Waals surface area (Å²) in [7, 11) is 0. The third-order valence-corrected chi connectivity index (χ3v) is 2.29. The van der Waals surface area contributed by atoms with Gasteiger partial charge in [-0.2, -0.15) is 9.47 Å². The quantitative estimate of drug-likeness (QED) is 0.771. The topological polar surface area (TPSA) is 66.5 Å². The van der Waals surface area contributed by atoms with Crippen molar-refractivity contribution in [3.05, 3.63) is 23.8 Å². The van der Waals surface area contributed by atoms with Gasteiger partial charge in [0, 0.05) is 29.8 Å². The average molecular weight is 195 g/mol. The Bertz CT molecular complexity index is 366. The summed E-state index contributed by atoms with van der Waals surface area (Å²) in [5.74, 6) is 0.805. The molecule has 13 heavy (non-hydrogen) atoms. The Hall–Kier alpha value is -1.43. The van der Waals surface area contributed by atoms with Crippen LogP contribution in [0.15, 0.2) is 12.4 Å². The minimum Gasteiger partial charge on any atom is -0.356 e. The van der Waals surface area contributed by atoms with Gasteiger partial charge in [0.25, 0.3) is 0 Å². The lowest BCUT2D eigenvalue weighted by atomic mass is 10.4. The standard InChI is InChI=1S/C7H9N5S/c1-5-11-7(13-12-5)8-2-6-3-9-10-4-6/h3-4H,2H2,1H3,(H,9,10)(H,8,11,12). The van der Waals surface area contributed by atoms with Crippen molar-refractivity contribution in [2.24, 2.45) is 0 Å². The zero-order chi connectivity index (χ0) is 9.10. The summed E-state index contributed by atoms with van der Waals surface area (Å²) in [6.45, 7) is 2.60. The second-order valence-corrected chi connectivity index (χ2v) is 3.36. The van der Waals surface area contributed by atoms with Crippen molar-refractivity contribution in [3.63, 3.8) is 0 Å². The van der Waals surface area contributed by atoms with Gasteiger partial charge in [-0.15, -0.1) is 0 Å². The molecule has 2 rings (SSSR count). The van der Waals surface area contributed by atoms with E-state index in [1.165, 1.54) is 11.5 Å². The van der Waals surface area contributed by atoms with Crippen LogP contribution in [0.25, 0.3) is 0 Å². The maximum absolute atomic E-state index is 4.18. The van der Waals surface area contributed by atoms with E-state index in [4.69, 9.17) is 0 Å². The number of hydrogen-bond donors (Lipinski definition) is 2. The first-order valence-corrected chi connectivity index (χ1v) is 4.64. The Morgan fingerprint density at radius 1 is 1.62 bits per heavy atom. The summed E-state index contributed by atoms with van der Waals surface area (Å²) < 4.78 is 4.06. The molecule has 0 aromatic carbocycles. The highest BCUT2D eigenvalue weighted by molar-refractivity contribution is 7.09. The Kier molecular flexibility index (Phi) is 2.22. The summed E-state index contributed by atoms with van der Waals surface area (Å²) >= 11 is 1.37. The highest BCUT2D eigenvalue weighted by Gasteiger charge is 1.99. The minimum absolute atomic E-state index is 0.727. The fourth-order valence-electron chi connectivity index (χ4n) is 0.921. The van der Waals surface area contributed by atoms with E-state index in [0.29, 0.717) is 0 Å². The first kappa shape index (κ1) is 8.18. The van der Waals surface area contributed by atoms with Crippen molar-refractivity contribution in [1.29, 1.82) is 0 Å². The number of nitrogens with one attached hydrogen (secondary N) is 2. The van der Waals surface area contributed by atoms with Crippen LogP contribution in [0.4, 0.5) is 5.13 Å². The first-order valence-electron chi connectivity index (χ1n) is 3.86. The number of aromatic amines is 1. The molecular formula is C7H9N5S. The van der Waals surface area contributed by atoms with Crippen LogP contribution < -0.4 is 5.32 Å². The van der Waals surface area contributed by atoms with Gasteiger partial charge < -0.3 is 5.32 Å². The molecule has 0 unspecified atom stereocenters. The fourth-order valence-corrected chi connectivity index (χ4v) is 1.49. The molecule has 6 heteroatoms. The second kappa shape index (κ2) is 3.53. The van der Waals surface area contributed by atoms with E-state index in [1.54, 1.807) is 6.20 Å². The van der Waals surface area contributed by atoms with Crippen LogP contribution in [0, 0.1) is 6.92 Å². The molecule has 0 atom stereocenters. The summed E-state index contributed by atoms with van der Waals surface area (Å²) in [6, 6.07) is 0. The van der Waals surface area contributed by atoms with Gasteiger partial charge in [0.1, 0.15) is 5.82 Å². The monoisotopic (exact) mass is 195 g/mol. The molecule has 0 aliphatic carbocycles. The summed E-state index contributed by atoms with van der Waals surface area (Å²) in [5.41, 5.74) is 1.10. The zero-order valence-electron chi connectivity index (χ0n) is 7.11. The lowest BCUT2D eigenvalue weighted by Crippen LogP contribution is -1.97. The van der Waals surface area contributed by atoms with Gasteiger partial charge in [0.05, 0.1) is 6.20 Å². The third kappa shape index (κ3) is 2.03. The van der Waals surface area contributed by atoms with E-state index in [9.17, 15) is 0 Å². The van der Waals surface area contributed by atoms with Crippen LogP contribution in [0.1, 0.15) is 11.4 Å². The molecule has 0 spiro atoms. The molecule has 2 N–H and O–H groups in total. The summed E-state index contributed by atoms with van der Waals surface area (Å²) in [4.78, 5) is 4.18. The molecule has 68 valence electrons. The number of rotatable bonds is 3. The van der Waals surface area contributed by atoms with E-state index in [0.717, 1.165) is 23.1 Å². The first-order chi connectivity index (χ1) is 6.34. The second-order valence-electron chi connectivity index (χ2n) is 2.61. The lowest BCUT2D eigenvalue weighted by molar-refractivity contribution is 1.09. The Labute approximate surface area is 79.4 Å². The highest BCUT2D eigenvalue weighted by atomic mass is 32.1. The van der Waals surface area contributed by atoms with Crippen molar-refractivity contribution in [2.75, 3.05) is 5.32 Å². The summed E-state index contributed by atoms with van der Waals surface area (Å²) in [6.07, 6.45) is 3.63. The van der Waals surface area contributed by atoms with Crippen LogP contribution in [0.2, 0.25) is 0 Å². The largest absolute Gasteiger partial charge is 0.356 e. The molecule has 2 aromatic heterocycles. The van der Waals surface area contributed by atoms with Crippen LogP contribution in [-0.2, 0) is 6.54 Å². The highest BCUT2D eigenvalue weighted by Crippen LogP contribution is 2.10. The number of hydrogen-bond acceptors (Lipinski definition) is 5. The van der Waals surface area contributed by atoms with Gasteiger partial charge in [0.2, 0.25) is 5.13 Å². The maximum atomic E-state index is 4.18. The molecule has 0 radical (unpaired) electrons. The van der Waals surface area contributed by atoms with E-state index in [1.807, 2.05) is 13.1 Å². The van der Waals surface area contributed by atoms with Gasteiger partial charge in [-0.3, -0.25) is 5.10 Å². The normalized spacial score (nSPS) is 10.2. The third-order valence-electron chi connectivity index (χ3n) is 1.53. The molecule has 0 fully saturated rings. The number of nitrogens with zero attached hydrogens (tertiary/aromatic N) is 3. The van der Waals surface area contributed by atoms with Gasteiger partial charge in [0.15, 0.2) is 0 Å². The Morgan fingerprint density at radius 2 is 2.54 bits per heavy atom. The molecule has 5 nitrogen and oxygen atoms in total. The van der Waals surface area contributed by atoms with Crippen molar-refractivity contribution in [3.8, 4) is 0 Å². The van der Waals surface area contributed by atoms with Crippen molar-refractivity contribution < 1.29 is 0 Å². The molecule has 2 heterocycles. The minimum atomic E-state index is 0.727. The molecule has 0 amide bonds. The van der Waals surface area contributed by atoms with Gasteiger partial charge in [-0.1, -0.05) is 0 Å². The van der Waals surface area contributed by atoms with E-state index < -0.39 is 0 Å². The van der Waals surface area contributed by atoms with E-state index in [-0.39, 0.29) is 0 Å². The van der Waals surface area contributed by atoms with E-state index >= 15 is 0 Å². The number of aryl methyl sites for hydroxylation is 1. The van der Waals surface area contributed by atoms with Crippen LogP contribution in [-0.4, -0.2) is 19.6 Å². The van der Waals surface area contributed by atoms with Gasteiger partial charge in [-0.25, -0.2) is 4.98 Å². The Morgan fingerprint density at radius 3 is 3.15 bits per heavy atom. The fraction of sp³-hybridized carbons (Fsp3) is 0.286. The molecule has 0 saturated carbocycles. The molecule has 0 bridgehead atoms. The average Bonchev–Trinajstić information content (AvgIpc) is 2.71.